The second-order valence-electron chi connectivity index (χ2n) is 4.31. The lowest BCUT2D eigenvalue weighted by molar-refractivity contribution is 0.577. The molecule has 0 unspecified atom stereocenters. The predicted molar refractivity (Wildman–Crippen MR) is 64.3 cm³/mol. The van der Waals surface area contributed by atoms with E-state index in [1.807, 2.05) is 6.20 Å². The van der Waals surface area contributed by atoms with Crippen molar-refractivity contribution in [1.82, 2.24) is 4.98 Å². The Bertz CT molecular complexity index is 286. The maximum absolute atomic E-state index is 4.50. The molecular formula is C13H20N2. The van der Waals surface area contributed by atoms with Gasteiger partial charge >= 0.3 is 0 Å². The Labute approximate surface area is 92.3 Å². The van der Waals surface area contributed by atoms with Crippen molar-refractivity contribution in [2.45, 2.75) is 39.0 Å². The monoisotopic (exact) mass is 204 g/mol. The Morgan fingerprint density at radius 2 is 2.00 bits per heavy atom. The van der Waals surface area contributed by atoms with Crippen molar-refractivity contribution in [3.8, 4) is 0 Å². The average Bonchev–Trinajstić information content (AvgIpc) is 2.32. The van der Waals surface area contributed by atoms with Gasteiger partial charge in [-0.25, -0.2) is 0 Å². The smallest absolute Gasteiger partial charge is 0.0552 e. The molecule has 1 aromatic heterocycles. The van der Waals surface area contributed by atoms with Crippen LogP contribution in [0.2, 0.25) is 0 Å². The van der Waals surface area contributed by atoms with E-state index in [-0.39, 0.29) is 0 Å². The molecule has 0 saturated carbocycles. The van der Waals surface area contributed by atoms with Gasteiger partial charge in [-0.2, -0.15) is 0 Å². The first-order valence-electron chi connectivity index (χ1n) is 6.10. The molecule has 2 heteroatoms. The molecule has 1 saturated heterocycles. The fraction of sp³-hybridized carbons (Fsp3) is 0.615. The molecule has 82 valence electrons. The van der Waals surface area contributed by atoms with E-state index in [1.54, 1.807) is 0 Å². The average molecular weight is 204 g/mol. The Kier molecular flexibility index (Phi) is 3.59. The molecule has 2 rings (SSSR count). The third-order valence-corrected chi connectivity index (χ3v) is 3.04. The Balaban J connectivity index is 2.02. The Morgan fingerprint density at radius 3 is 2.60 bits per heavy atom. The van der Waals surface area contributed by atoms with Gasteiger partial charge in [0, 0.05) is 18.8 Å². The summed E-state index contributed by atoms with van der Waals surface area (Å²) in [5.41, 5.74) is 2.52. The molecule has 1 aliphatic heterocycles. The highest BCUT2D eigenvalue weighted by Crippen LogP contribution is 2.18. The summed E-state index contributed by atoms with van der Waals surface area (Å²) in [5.74, 6) is 0. The molecule has 2 heterocycles. The van der Waals surface area contributed by atoms with Crippen molar-refractivity contribution in [3.63, 3.8) is 0 Å². The predicted octanol–water partition coefficient (Wildman–Crippen LogP) is 3.02. The maximum Gasteiger partial charge on any atom is 0.0552 e. The van der Waals surface area contributed by atoms with Gasteiger partial charge in [-0.3, -0.25) is 4.98 Å². The van der Waals surface area contributed by atoms with E-state index in [4.69, 9.17) is 0 Å². The minimum atomic E-state index is 1.10. The zero-order valence-electron chi connectivity index (χ0n) is 9.58. The summed E-state index contributed by atoms with van der Waals surface area (Å²) >= 11 is 0. The van der Waals surface area contributed by atoms with E-state index in [9.17, 15) is 0 Å². The van der Waals surface area contributed by atoms with Gasteiger partial charge in [0.15, 0.2) is 0 Å². The minimum Gasteiger partial charge on any atom is -0.370 e. The van der Waals surface area contributed by atoms with Gasteiger partial charge in [-0.05, 0) is 37.8 Å². The Hall–Kier alpha value is -1.05. The fourth-order valence-corrected chi connectivity index (χ4v) is 2.16. The topological polar surface area (TPSA) is 16.1 Å². The summed E-state index contributed by atoms with van der Waals surface area (Å²) in [7, 11) is 0. The van der Waals surface area contributed by atoms with E-state index in [1.165, 1.54) is 50.2 Å². The fourth-order valence-electron chi connectivity index (χ4n) is 2.16. The summed E-state index contributed by atoms with van der Waals surface area (Å²) in [6, 6.07) is 4.40. The highest BCUT2D eigenvalue weighted by atomic mass is 15.1. The normalized spacial score (nSPS) is 16.7. The molecule has 0 bridgehead atoms. The summed E-state index contributed by atoms with van der Waals surface area (Å²) in [4.78, 5) is 6.95. The van der Waals surface area contributed by atoms with E-state index < -0.39 is 0 Å². The van der Waals surface area contributed by atoms with Gasteiger partial charge in [0.1, 0.15) is 0 Å². The van der Waals surface area contributed by atoms with E-state index in [0.717, 1.165) is 6.42 Å². The van der Waals surface area contributed by atoms with Gasteiger partial charge in [-0.1, -0.05) is 13.3 Å². The summed E-state index contributed by atoms with van der Waals surface area (Å²) < 4.78 is 0. The van der Waals surface area contributed by atoms with Crippen molar-refractivity contribution in [1.29, 1.82) is 0 Å². The molecule has 2 nitrogen and oxygen atoms in total. The second kappa shape index (κ2) is 5.15. The largest absolute Gasteiger partial charge is 0.370 e. The molecule has 0 amide bonds. The number of aryl methyl sites for hydroxylation is 1. The van der Waals surface area contributed by atoms with E-state index in [2.05, 4.69) is 28.9 Å². The first kappa shape index (κ1) is 10.5. The minimum absolute atomic E-state index is 1.10. The van der Waals surface area contributed by atoms with Crippen LogP contribution in [0, 0.1) is 0 Å². The van der Waals surface area contributed by atoms with Gasteiger partial charge in [0.2, 0.25) is 0 Å². The number of hydrogen-bond acceptors (Lipinski definition) is 2. The van der Waals surface area contributed by atoms with Crippen LogP contribution >= 0.6 is 0 Å². The van der Waals surface area contributed by atoms with Crippen molar-refractivity contribution in [2.75, 3.05) is 18.0 Å². The van der Waals surface area contributed by atoms with Gasteiger partial charge in [-0.15, -0.1) is 0 Å². The number of pyridine rings is 1. The Morgan fingerprint density at radius 1 is 1.20 bits per heavy atom. The SMILES string of the molecule is CCCc1ccc(N2CCCCC2)cn1. The van der Waals surface area contributed by atoms with Crippen LogP contribution in [-0.2, 0) is 6.42 Å². The first-order chi connectivity index (χ1) is 7.40. The number of anilines is 1. The van der Waals surface area contributed by atoms with Crippen LogP contribution < -0.4 is 4.90 Å². The number of aromatic nitrogens is 1. The molecule has 0 aromatic carbocycles. The zero-order chi connectivity index (χ0) is 10.5. The summed E-state index contributed by atoms with van der Waals surface area (Å²) in [6.45, 7) is 4.60. The molecule has 1 aromatic rings. The maximum atomic E-state index is 4.50. The van der Waals surface area contributed by atoms with Gasteiger partial charge < -0.3 is 4.90 Å². The number of rotatable bonds is 3. The van der Waals surface area contributed by atoms with Crippen LogP contribution in [0.25, 0.3) is 0 Å². The van der Waals surface area contributed by atoms with Crippen LogP contribution in [0.5, 0.6) is 0 Å². The van der Waals surface area contributed by atoms with Crippen molar-refractivity contribution >= 4 is 5.69 Å². The van der Waals surface area contributed by atoms with E-state index in [0.29, 0.717) is 0 Å². The molecule has 0 radical (unpaired) electrons. The number of hydrogen-bond donors (Lipinski definition) is 0. The molecule has 1 fully saturated rings. The molecular weight excluding hydrogens is 184 g/mol. The molecule has 1 aliphatic rings. The molecule has 0 aliphatic carbocycles. The van der Waals surface area contributed by atoms with Gasteiger partial charge in [0.05, 0.1) is 11.9 Å². The first-order valence-corrected chi connectivity index (χ1v) is 6.10. The van der Waals surface area contributed by atoms with Gasteiger partial charge in [0.25, 0.3) is 0 Å². The quantitative estimate of drug-likeness (QED) is 0.752. The standard InChI is InChI=1S/C13H20N2/c1-2-6-12-7-8-13(11-14-12)15-9-4-3-5-10-15/h7-8,11H,2-6,9-10H2,1H3. The summed E-state index contributed by atoms with van der Waals surface area (Å²) in [5, 5.41) is 0. The lowest BCUT2D eigenvalue weighted by atomic mass is 10.1. The number of nitrogens with zero attached hydrogens (tertiary/aromatic N) is 2. The van der Waals surface area contributed by atoms with Crippen LogP contribution in [-0.4, -0.2) is 18.1 Å². The highest BCUT2D eigenvalue weighted by Gasteiger charge is 2.10. The summed E-state index contributed by atoms with van der Waals surface area (Å²) in [6.07, 6.45) is 8.36. The van der Waals surface area contributed by atoms with E-state index >= 15 is 0 Å². The highest BCUT2D eigenvalue weighted by molar-refractivity contribution is 5.44. The third-order valence-electron chi connectivity index (χ3n) is 3.04. The zero-order valence-corrected chi connectivity index (χ0v) is 9.58. The molecule has 0 N–H and O–H groups in total. The third kappa shape index (κ3) is 2.71. The van der Waals surface area contributed by atoms with Crippen LogP contribution in [0.4, 0.5) is 5.69 Å². The van der Waals surface area contributed by atoms with Crippen molar-refractivity contribution in [2.24, 2.45) is 0 Å². The lowest BCUT2D eigenvalue weighted by Gasteiger charge is -2.28. The number of piperidine rings is 1. The van der Waals surface area contributed by atoms with Crippen LogP contribution in [0.15, 0.2) is 18.3 Å². The van der Waals surface area contributed by atoms with Crippen molar-refractivity contribution in [3.05, 3.63) is 24.0 Å². The molecule has 0 spiro atoms. The van der Waals surface area contributed by atoms with Crippen molar-refractivity contribution < 1.29 is 0 Å². The molecule has 0 atom stereocenters. The second-order valence-corrected chi connectivity index (χ2v) is 4.31. The van der Waals surface area contributed by atoms with Crippen LogP contribution in [0.1, 0.15) is 38.3 Å². The lowest BCUT2D eigenvalue weighted by Crippen LogP contribution is -2.29. The molecule has 15 heavy (non-hydrogen) atoms. The van der Waals surface area contributed by atoms with Crippen LogP contribution in [0.3, 0.4) is 0 Å².